The van der Waals surface area contributed by atoms with Gasteiger partial charge in [0.1, 0.15) is 5.58 Å². The summed E-state index contributed by atoms with van der Waals surface area (Å²) in [5, 5.41) is 7.54. The first-order valence-corrected chi connectivity index (χ1v) is 9.55. The van der Waals surface area contributed by atoms with Gasteiger partial charge in [-0.3, -0.25) is 9.59 Å². The minimum absolute atomic E-state index is 0.263. The van der Waals surface area contributed by atoms with Crippen molar-refractivity contribution in [3.63, 3.8) is 0 Å². The van der Waals surface area contributed by atoms with Gasteiger partial charge >= 0.3 is 5.97 Å². The predicted octanol–water partition coefficient (Wildman–Crippen LogP) is 3.39. The number of amides is 1. The number of esters is 1. The molecule has 0 aliphatic heterocycles. The number of hydrogen-bond acceptors (Lipinski definition) is 6. The zero-order valence-electron chi connectivity index (χ0n) is 16.9. The van der Waals surface area contributed by atoms with Crippen molar-refractivity contribution in [2.24, 2.45) is 0 Å². The minimum atomic E-state index is -0.897. The molecule has 8 nitrogen and oxygen atoms in total. The van der Waals surface area contributed by atoms with E-state index >= 15 is 0 Å². The SMILES string of the molecule is Cc1nn(-c2ccccc2)c(C)c1NC(=O)COC(=O)c1cc(=O)c2ccccc2o1. The fraction of sp³-hybridized carbons (Fsp3) is 0.130. The molecule has 0 aliphatic carbocycles. The summed E-state index contributed by atoms with van der Waals surface area (Å²) >= 11 is 0. The Labute approximate surface area is 177 Å². The van der Waals surface area contributed by atoms with Crippen LogP contribution in [0.1, 0.15) is 21.9 Å². The Morgan fingerprint density at radius 2 is 1.77 bits per heavy atom. The van der Waals surface area contributed by atoms with Crippen LogP contribution in [-0.2, 0) is 9.53 Å². The van der Waals surface area contributed by atoms with Crippen molar-refractivity contribution >= 4 is 28.5 Å². The summed E-state index contributed by atoms with van der Waals surface area (Å²) in [6.45, 7) is 3.07. The Hall–Kier alpha value is -4.20. The van der Waals surface area contributed by atoms with Crippen molar-refractivity contribution in [2.45, 2.75) is 13.8 Å². The van der Waals surface area contributed by atoms with Gasteiger partial charge in [-0.25, -0.2) is 9.48 Å². The highest BCUT2D eigenvalue weighted by atomic mass is 16.5. The highest BCUT2D eigenvalue weighted by Gasteiger charge is 2.18. The second-order valence-corrected chi connectivity index (χ2v) is 6.89. The van der Waals surface area contributed by atoms with E-state index in [0.29, 0.717) is 16.8 Å². The van der Waals surface area contributed by atoms with E-state index in [1.54, 1.807) is 35.9 Å². The summed E-state index contributed by atoms with van der Waals surface area (Å²) in [7, 11) is 0. The summed E-state index contributed by atoms with van der Waals surface area (Å²) < 4.78 is 12.2. The van der Waals surface area contributed by atoms with E-state index in [0.717, 1.165) is 17.4 Å². The number of aryl methyl sites for hydroxylation is 1. The number of nitrogens with zero attached hydrogens (tertiary/aromatic N) is 2. The molecule has 0 spiro atoms. The predicted molar refractivity (Wildman–Crippen MR) is 114 cm³/mol. The van der Waals surface area contributed by atoms with Gasteiger partial charge in [-0.1, -0.05) is 30.3 Å². The summed E-state index contributed by atoms with van der Waals surface area (Å²) in [6.07, 6.45) is 0. The molecule has 156 valence electrons. The molecule has 8 heteroatoms. The molecule has 2 heterocycles. The maximum atomic E-state index is 12.4. The Balaban J connectivity index is 1.45. The molecule has 2 aromatic carbocycles. The molecular formula is C23H19N3O5. The first-order chi connectivity index (χ1) is 14.9. The van der Waals surface area contributed by atoms with Crippen molar-refractivity contribution in [2.75, 3.05) is 11.9 Å². The molecule has 0 aliphatic rings. The normalized spacial score (nSPS) is 10.8. The Morgan fingerprint density at radius 3 is 2.55 bits per heavy atom. The number of anilines is 1. The van der Waals surface area contributed by atoms with E-state index < -0.39 is 18.5 Å². The van der Waals surface area contributed by atoms with E-state index in [1.165, 1.54) is 0 Å². The molecule has 0 unspecified atom stereocenters. The molecule has 31 heavy (non-hydrogen) atoms. The van der Waals surface area contributed by atoms with Crippen LogP contribution >= 0.6 is 0 Å². The Kier molecular flexibility index (Phi) is 5.36. The van der Waals surface area contributed by atoms with Crippen LogP contribution in [0.15, 0.2) is 69.9 Å². The molecule has 4 rings (SSSR count). The molecule has 2 aromatic heterocycles. The maximum Gasteiger partial charge on any atom is 0.374 e. The molecule has 0 fully saturated rings. The zero-order valence-corrected chi connectivity index (χ0v) is 16.9. The Bertz CT molecular complexity index is 1340. The molecule has 1 N–H and O–H groups in total. The minimum Gasteiger partial charge on any atom is -0.450 e. The van der Waals surface area contributed by atoms with Crippen molar-refractivity contribution in [1.82, 2.24) is 9.78 Å². The topological polar surface area (TPSA) is 103 Å². The van der Waals surface area contributed by atoms with E-state index in [4.69, 9.17) is 9.15 Å². The first-order valence-electron chi connectivity index (χ1n) is 9.55. The maximum absolute atomic E-state index is 12.4. The highest BCUT2D eigenvalue weighted by molar-refractivity contribution is 5.95. The average Bonchev–Trinajstić information content (AvgIpc) is 3.06. The molecular weight excluding hydrogens is 398 g/mol. The number of rotatable bonds is 5. The van der Waals surface area contributed by atoms with Gasteiger partial charge in [-0.2, -0.15) is 5.10 Å². The number of hydrogen-bond donors (Lipinski definition) is 1. The van der Waals surface area contributed by atoms with E-state index in [1.807, 2.05) is 37.3 Å². The molecule has 1 amide bonds. The lowest BCUT2D eigenvalue weighted by atomic mass is 10.2. The van der Waals surface area contributed by atoms with Crippen LogP contribution in [0.5, 0.6) is 0 Å². The molecule has 0 radical (unpaired) electrons. The van der Waals surface area contributed by atoms with Gasteiger partial charge in [-0.15, -0.1) is 0 Å². The van der Waals surface area contributed by atoms with Crippen LogP contribution in [0.3, 0.4) is 0 Å². The van der Waals surface area contributed by atoms with E-state index in [2.05, 4.69) is 10.4 Å². The van der Waals surface area contributed by atoms with Gasteiger partial charge in [0.2, 0.25) is 5.76 Å². The summed E-state index contributed by atoms with van der Waals surface area (Å²) in [4.78, 5) is 36.8. The smallest absolute Gasteiger partial charge is 0.374 e. The van der Waals surface area contributed by atoms with Crippen molar-refractivity contribution in [3.05, 3.63) is 88.0 Å². The third-order valence-electron chi connectivity index (χ3n) is 4.73. The van der Waals surface area contributed by atoms with Gasteiger partial charge in [0.05, 0.1) is 28.1 Å². The molecule has 0 saturated heterocycles. The molecule has 0 bridgehead atoms. The Morgan fingerprint density at radius 1 is 1.06 bits per heavy atom. The van der Waals surface area contributed by atoms with Crippen LogP contribution < -0.4 is 10.7 Å². The molecule has 0 atom stereocenters. The zero-order chi connectivity index (χ0) is 22.0. The third-order valence-corrected chi connectivity index (χ3v) is 4.73. The lowest BCUT2D eigenvalue weighted by molar-refractivity contribution is -0.119. The van der Waals surface area contributed by atoms with Crippen LogP contribution in [-0.4, -0.2) is 28.3 Å². The number of benzene rings is 2. The highest BCUT2D eigenvalue weighted by Crippen LogP contribution is 2.22. The van der Waals surface area contributed by atoms with Gasteiger partial charge in [0, 0.05) is 6.07 Å². The lowest BCUT2D eigenvalue weighted by Gasteiger charge is -2.08. The largest absolute Gasteiger partial charge is 0.450 e. The second-order valence-electron chi connectivity index (χ2n) is 6.89. The summed E-state index contributed by atoms with van der Waals surface area (Å²) in [5.74, 6) is -1.69. The lowest BCUT2D eigenvalue weighted by Crippen LogP contribution is -2.22. The first kappa shape index (κ1) is 20.1. The summed E-state index contributed by atoms with van der Waals surface area (Å²) in [6, 6.07) is 17.1. The van der Waals surface area contributed by atoms with E-state index in [9.17, 15) is 14.4 Å². The molecule has 0 saturated carbocycles. The monoisotopic (exact) mass is 417 g/mol. The number of para-hydroxylation sites is 2. The van der Waals surface area contributed by atoms with Crippen LogP contribution in [0.4, 0.5) is 5.69 Å². The van der Waals surface area contributed by atoms with Crippen LogP contribution in [0.25, 0.3) is 16.7 Å². The van der Waals surface area contributed by atoms with Crippen molar-refractivity contribution < 1.29 is 18.7 Å². The van der Waals surface area contributed by atoms with Crippen LogP contribution in [0.2, 0.25) is 0 Å². The summed E-state index contributed by atoms with van der Waals surface area (Å²) in [5.41, 5.74) is 2.68. The van der Waals surface area contributed by atoms with Crippen LogP contribution in [0, 0.1) is 13.8 Å². The van der Waals surface area contributed by atoms with Gasteiger partial charge in [0.15, 0.2) is 12.0 Å². The number of aromatic nitrogens is 2. The van der Waals surface area contributed by atoms with Gasteiger partial charge in [-0.05, 0) is 38.1 Å². The average molecular weight is 417 g/mol. The number of nitrogens with one attached hydrogen (secondary N) is 1. The quantitative estimate of drug-likeness (QED) is 0.499. The number of carbonyl (C=O) groups excluding carboxylic acids is 2. The number of carbonyl (C=O) groups is 2. The number of fused-ring (bicyclic) bond motifs is 1. The fourth-order valence-electron chi connectivity index (χ4n) is 3.23. The molecule has 4 aromatic rings. The third kappa shape index (κ3) is 4.09. The van der Waals surface area contributed by atoms with Gasteiger partial charge in [0.25, 0.3) is 5.91 Å². The number of ether oxygens (including phenoxy) is 1. The van der Waals surface area contributed by atoms with E-state index in [-0.39, 0.29) is 16.8 Å². The van der Waals surface area contributed by atoms with Crippen molar-refractivity contribution in [1.29, 1.82) is 0 Å². The standard InChI is InChI=1S/C23H19N3O5/c1-14-22(15(2)26(25-14)16-8-4-3-5-9-16)24-21(28)13-30-23(29)20-12-18(27)17-10-6-7-11-19(17)31-20/h3-12H,13H2,1-2H3,(H,24,28). The second kappa shape index (κ2) is 8.27. The van der Waals surface area contributed by atoms with Crippen molar-refractivity contribution in [3.8, 4) is 5.69 Å². The fourth-order valence-corrected chi connectivity index (χ4v) is 3.23. The van der Waals surface area contributed by atoms with Gasteiger partial charge < -0.3 is 14.5 Å².